The maximum absolute atomic E-state index is 13.9. The minimum atomic E-state index is -0.653. The monoisotopic (exact) mass is 318 g/mol. The topological polar surface area (TPSA) is 73.6 Å². The summed E-state index contributed by atoms with van der Waals surface area (Å²) >= 11 is 0. The molecule has 7 heteroatoms. The molecule has 0 spiro atoms. The van der Waals surface area contributed by atoms with Gasteiger partial charge in [-0.05, 0) is 24.8 Å². The summed E-state index contributed by atoms with van der Waals surface area (Å²) in [5, 5.41) is 2.65. The number of benzene rings is 1. The molecule has 1 aliphatic carbocycles. The van der Waals surface area contributed by atoms with Gasteiger partial charge in [0.05, 0.1) is 19.8 Å². The van der Waals surface area contributed by atoms with E-state index in [4.69, 9.17) is 15.2 Å². The van der Waals surface area contributed by atoms with E-state index in [0.29, 0.717) is 18.2 Å². The zero-order valence-corrected chi connectivity index (χ0v) is 12.8. The van der Waals surface area contributed by atoms with Crippen molar-refractivity contribution in [1.82, 2.24) is 5.32 Å². The number of hydrogen-bond acceptors (Lipinski definition) is 4. The molecule has 0 heterocycles. The molecule has 0 bridgehead atoms. The average molecular weight is 319 g/mol. The fraction of sp³-hybridized carbons (Fsp3) is 0.500. The lowest BCUT2D eigenvalue weighted by molar-refractivity contribution is 0.0945. The van der Waals surface area contributed by atoms with E-state index in [1.54, 1.807) is 0 Å². The van der Waals surface area contributed by atoms with Gasteiger partial charge in [0, 0.05) is 18.7 Å². The van der Waals surface area contributed by atoms with Gasteiger partial charge in [-0.3, -0.25) is 4.79 Å². The molecule has 1 amide bonds. The summed E-state index contributed by atoms with van der Waals surface area (Å²) in [4.78, 5) is 12.0. The van der Waals surface area contributed by atoms with Crippen LogP contribution in [0.2, 0.25) is 0 Å². The number of methoxy groups -OCH3 is 2. The van der Waals surface area contributed by atoms with Crippen LogP contribution in [-0.4, -0.2) is 32.7 Å². The fourth-order valence-corrected chi connectivity index (χ4v) is 2.03. The van der Waals surface area contributed by atoms with Crippen molar-refractivity contribution in [3.8, 4) is 11.5 Å². The van der Waals surface area contributed by atoms with E-state index in [0.717, 1.165) is 18.9 Å². The zero-order chi connectivity index (χ0) is 14.7. The van der Waals surface area contributed by atoms with Crippen LogP contribution in [0, 0.1) is 11.7 Å². The van der Waals surface area contributed by atoms with E-state index >= 15 is 0 Å². The van der Waals surface area contributed by atoms with Crippen molar-refractivity contribution in [2.45, 2.75) is 18.9 Å². The van der Waals surface area contributed by atoms with Crippen molar-refractivity contribution in [3.63, 3.8) is 0 Å². The highest BCUT2D eigenvalue weighted by atomic mass is 35.5. The summed E-state index contributed by atoms with van der Waals surface area (Å²) in [5.41, 5.74) is 5.81. The Labute approximate surface area is 129 Å². The molecule has 1 fully saturated rings. The number of halogens is 2. The van der Waals surface area contributed by atoms with Crippen molar-refractivity contribution in [2.75, 3.05) is 20.8 Å². The SMILES string of the molecule is COc1cc(F)c(C(=O)NCC(N)C2CC2)cc1OC.Cl. The Morgan fingerprint density at radius 3 is 2.48 bits per heavy atom. The Balaban J connectivity index is 0.00000220. The minimum absolute atomic E-state index is 0. The predicted octanol–water partition coefficient (Wildman–Crippen LogP) is 1.73. The van der Waals surface area contributed by atoms with Crippen LogP contribution < -0.4 is 20.5 Å². The maximum atomic E-state index is 13.9. The van der Waals surface area contributed by atoms with Gasteiger partial charge in [0.25, 0.3) is 5.91 Å². The van der Waals surface area contributed by atoms with Crippen LogP contribution in [0.15, 0.2) is 12.1 Å². The number of nitrogens with one attached hydrogen (secondary N) is 1. The van der Waals surface area contributed by atoms with Crippen molar-refractivity contribution in [1.29, 1.82) is 0 Å². The Morgan fingerprint density at radius 1 is 1.38 bits per heavy atom. The number of amides is 1. The van der Waals surface area contributed by atoms with E-state index in [-0.39, 0.29) is 29.8 Å². The minimum Gasteiger partial charge on any atom is -0.493 e. The van der Waals surface area contributed by atoms with Gasteiger partial charge in [-0.2, -0.15) is 0 Å². The van der Waals surface area contributed by atoms with Gasteiger partial charge in [-0.15, -0.1) is 12.4 Å². The summed E-state index contributed by atoms with van der Waals surface area (Å²) < 4.78 is 23.9. The number of hydrogen-bond donors (Lipinski definition) is 2. The average Bonchev–Trinajstić information content (AvgIpc) is 3.28. The third-order valence-electron chi connectivity index (χ3n) is 3.44. The Morgan fingerprint density at radius 2 is 1.95 bits per heavy atom. The van der Waals surface area contributed by atoms with Crippen molar-refractivity contribution in [2.24, 2.45) is 11.7 Å². The molecule has 21 heavy (non-hydrogen) atoms. The molecular weight excluding hydrogens is 299 g/mol. The number of ether oxygens (including phenoxy) is 2. The Hall–Kier alpha value is -1.53. The van der Waals surface area contributed by atoms with Gasteiger partial charge >= 0.3 is 0 Å². The van der Waals surface area contributed by atoms with Crippen LogP contribution in [0.5, 0.6) is 11.5 Å². The Bertz CT molecular complexity index is 509. The number of rotatable bonds is 6. The first-order valence-corrected chi connectivity index (χ1v) is 6.52. The van der Waals surface area contributed by atoms with Gasteiger partial charge in [-0.25, -0.2) is 4.39 Å². The van der Waals surface area contributed by atoms with Crippen LogP contribution in [0.1, 0.15) is 23.2 Å². The summed E-state index contributed by atoms with van der Waals surface area (Å²) in [6.45, 7) is 0.345. The van der Waals surface area contributed by atoms with Gasteiger partial charge in [0.15, 0.2) is 11.5 Å². The lowest BCUT2D eigenvalue weighted by Gasteiger charge is -2.13. The molecule has 0 aliphatic heterocycles. The molecule has 3 N–H and O–H groups in total. The summed E-state index contributed by atoms with van der Waals surface area (Å²) in [5.74, 6) is -0.118. The number of carbonyl (C=O) groups excluding carboxylic acids is 1. The Kier molecular flexibility index (Phi) is 6.23. The lowest BCUT2D eigenvalue weighted by Crippen LogP contribution is -2.38. The molecule has 1 saturated carbocycles. The van der Waals surface area contributed by atoms with Crippen molar-refractivity contribution >= 4 is 18.3 Å². The molecule has 1 aliphatic rings. The van der Waals surface area contributed by atoms with Crippen molar-refractivity contribution in [3.05, 3.63) is 23.5 Å². The zero-order valence-electron chi connectivity index (χ0n) is 12.0. The normalized spacial score (nSPS) is 14.9. The van der Waals surface area contributed by atoms with E-state index < -0.39 is 11.7 Å². The molecule has 0 saturated heterocycles. The first-order valence-electron chi connectivity index (χ1n) is 6.52. The predicted molar refractivity (Wildman–Crippen MR) is 79.8 cm³/mol. The molecule has 1 atom stereocenters. The van der Waals surface area contributed by atoms with E-state index in [9.17, 15) is 9.18 Å². The van der Waals surface area contributed by atoms with Crippen LogP contribution in [0.25, 0.3) is 0 Å². The van der Waals surface area contributed by atoms with Crippen LogP contribution >= 0.6 is 12.4 Å². The molecule has 0 aromatic heterocycles. The smallest absolute Gasteiger partial charge is 0.254 e. The van der Waals surface area contributed by atoms with E-state index in [1.807, 2.05) is 0 Å². The second kappa shape index (κ2) is 7.47. The largest absolute Gasteiger partial charge is 0.493 e. The highest BCUT2D eigenvalue weighted by Crippen LogP contribution is 2.31. The van der Waals surface area contributed by atoms with Gasteiger partial charge in [-0.1, -0.05) is 0 Å². The third-order valence-corrected chi connectivity index (χ3v) is 3.44. The molecule has 0 radical (unpaired) electrons. The quantitative estimate of drug-likeness (QED) is 0.838. The summed E-state index contributed by atoms with van der Waals surface area (Å²) in [6.07, 6.45) is 2.20. The van der Waals surface area contributed by atoms with Crippen molar-refractivity contribution < 1.29 is 18.7 Å². The second-order valence-corrected chi connectivity index (χ2v) is 4.90. The fourth-order valence-electron chi connectivity index (χ4n) is 2.03. The first-order chi connectivity index (χ1) is 9.56. The molecule has 1 aromatic carbocycles. The van der Waals surface area contributed by atoms with E-state index in [1.165, 1.54) is 20.3 Å². The van der Waals surface area contributed by atoms with Gasteiger partial charge < -0.3 is 20.5 Å². The first kappa shape index (κ1) is 17.5. The van der Waals surface area contributed by atoms with Gasteiger partial charge in [0.1, 0.15) is 5.82 Å². The molecule has 5 nitrogen and oxygen atoms in total. The highest BCUT2D eigenvalue weighted by Gasteiger charge is 2.28. The highest BCUT2D eigenvalue weighted by molar-refractivity contribution is 5.95. The summed E-state index contributed by atoms with van der Waals surface area (Å²) in [7, 11) is 2.84. The summed E-state index contributed by atoms with van der Waals surface area (Å²) in [6, 6.07) is 2.39. The third kappa shape index (κ3) is 4.22. The van der Waals surface area contributed by atoms with Gasteiger partial charge in [0.2, 0.25) is 0 Å². The molecule has 1 unspecified atom stereocenters. The maximum Gasteiger partial charge on any atom is 0.254 e. The number of carbonyl (C=O) groups is 1. The molecule has 1 aromatic rings. The van der Waals surface area contributed by atoms with Crippen LogP contribution in [0.4, 0.5) is 4.39 Å². The molecular formula is C14H20ClFN2O3. The van der Waals surface area contributed by atoms with E-state index in [2.05, 4.69) is 5.32 Å². The standard InChI is InChI=1S/C14H19FN2O3.ClH/c1-19-12-5-9(10(15)6-13(12)20-2)14(18)17-7-11(16)8-3-4-8;/h5-6,8,11H,3-4,7,16H2,1-2H3,(H,17,18);1H. The number of nitrogens with two attached hydrogens (primary N) is 1. The van der Waals surface area contributed by atoms with Crippen LogP contribution in [0.3, 0.4) is 0 Å². The van der Waals surface area contributed by atoms with Crippen LogP contribution in [-0.2, 0) is 0 Å². The molecule has 2 rings (SSSR count). The molecule has 118 valence electrons. The second-order valence-electron chi connectivity index (χ2n) is 4.90. The lowest BCUT2D eigenvalue weighted by atomic mass is 10.1.